The van der Waals surface area contributed by atoms with Crippen LogP contribution in [0.5, 0.6) is 5.75 Å². The van der Waals surface area contributed by atoms with E-state index in [0.717, 1.165) is 12.2 Å². The molecule has 0 spiro atoms. The molecular weight excluding hydrogens is 252 g/mol. The minimum atomic E-state index is 0.258. The summed E-state index contributed by atoms with van der Waals surface area (Å²) in [5.41, 5.74) is 8.14. The van der Waals surface area contributed by atoms with Crippen LogP contribution in [-0.2, 0) is 4.74 Å². The zero-order chi connectivity index (χ0) is 14.2. The Hall–Kier alpha value is -1.91. The lowest BCUT2D eigenvalue weighted by atomic mass is 9.89. The SMILES string of the molecule is COCOc1ccc(C(CCN)c2cccnc2)cc1. The number of hydrogen-bond donors (Lipinski definition) is 1. The van der Waals surface area contributed by atoms with Crippen LogP contribution in [-0.4, -0.2) is 25.4 Å². The molecule has 0 amide bonds. The molecule has 2 rings (SSSR count). The summed E-state index contributed by atoms with van der Waals surface area (Å²) in [6.07, 6.45) is 4.57. The predicted molar refractivity (Wildman–Crippen MR) is 78.7 cm³/mol. The number of nitrogens with zero attached hydrogens (tertiary/aromatic N) is 1. The number of ether oxygens (including phenoxy) is 2. The van der Waals surface area contributed by atoms with Crippen molar-refractivity contribution in [2.24, 2.45) is 5.73 Å². The van der Waals surface area contributed by atoms with E-state index in [4.69, 9.17) is 15.2 Å². The molecule has 0 saturated carbocycles. The quantitative estimate of drug-likeness (QED) is 0.787. The fraction of sp³-hybridized carbons (Fsp3) is 0.312. The van der Waals surface area contributed by atoms with Crippen molar-refractivity contribution in [2.45, 2.75) is 12.3 Å². The molecule has 1 unspecified atom stereocenters. The average Bonchev–Trinajstić information content (AvgIpc) is 2.52. The summed E-state index contributed by atoms with van der Waals surface area (Å²) in [4.78, 5) is 4.19. The Morgan fingerprint density at radius 2 is 1.95 bits per heavy atom. The lowest BCUT2D eigenvalue weighted by Gasteiger charge is -2.17. The Labute approximate surface area is 119 Å². The molecule has 4 heteroatoms. The van der Waals surface area contributed by atoms with Crippen LogP contribution in [0.25, 0.3) is 0 Å². The minimum absolute atomic E-state index is 0.258. The van der Waals surface area contributed by atoms with E-state index in [1.54, 1.807) is 13.3 Å². The van der Waals surface area contributed by atoms with E-state index in [1.807, 2.05) is 24.4 Å². The van der Waals surface area contributed by atoms with Gasteiger partial charge in [0.15, 0.2) is 6.79 Å². The van der Waals surface area contributed by atoms with Gasteiger partial charge < -0.3 is 15.2 Å². The van der Waals surface area contributed by atoms with Gasteiger partial charge in [-0.1, -0.05) is 18.2 Å². The van der Waals surface area contributed by atoms with Crippen molar-refractivity contribution in [1.82, 2.24) is 4.98 Å². The fourth-order valence-electron chi connectivity index (χ4n) is 2.20. The second-order valence-corrected chi connectivity index (χ2v) is 4.54. The highest BCUT2D eigenvalue weighted by molar-refractivity contribution is 5.35. The van der Waals surface area contributed by atoms with Crippen molar-refractivity contribution < 1.29 is 9.47 Å². The average molecular weight is 272 g/mol. The number of rotatable bonds is 7. The van der Waals surface area contributed by atoms with Gasteiger partial charge in [0, 0.05) is 25.4 Å². The number of hydrogen-bond acceptors (Lipinski definition) is 4. The summed E-state index contributed by atoms with van der Waals surface area (Å²) in [5.74, 6) is 1.07. The van der Waals surface area contributed by atoms with Crippen LogP contribution in [0, 0.1) is 0 Å². The van der Waals surface area contributed by atoms with Crippen molar-refractivity contribution in [3.05, 3.63) is 59.9 Å². The van der Waals surface area contributed by atoms with Crippen LogP contribution < -0.4 is 10.5 Å². The smallest absolute Gasteiger partial charge is 0.188 e. The molecule has 0 aliphatic carbocycles. The Bertz CT molecular complexity index is 500. The molecule has 2 aromatic rings. The van der Waals surface area contributed by atoms with Crippen LogP contribution in [0.3, 0.4) is 0 Å². The zero-order valence-electron chi connectivity index (χ0n) is 11.7. The molecule has 0 saturated heterocycles. The number of pyridine rings is 1. The standard InChI is InChI=1S/C16H20N2O2/c1-19-12-20-15-6-4-13(5-7-15)16(8-9-17)14-3-2-10-18-11-14/h2-7,10-11,16H,8-9,12,17H2,1H3. The number of nitrogens with two attached hydrogens (primary N) is 1. The van der Waals surface area contributed by atoms with E-state index in [9.17, 15) is 0 Å². The third kappa shape index (κ3) is 3.79. The largest absolute Gasteiger partial charge is 0.468 e. The van der Waals surface area contributed by atoms with Gasteiger partial charge in [0.05, 0.1) is 0 Å². The molecule has 20 heavy (non-hydrogen) atoms. The molecular formula is C16H20N2O2. The van der Waals surface area contributed by atoms with E-state index in [0.29, 0.717) is 6.54 Å². The van der Waals surface area contributed by atoms with Gasteiger partial charge in [-0.3, -0.25) is 4.98 Å². The topological polar surface area (TPSA) is 57.4 Å². The normalized spacial score (nSPS) is 12.1. The van der Waals surface area contributed by atoms with E-state index in [1.165, 1.54) is 11.1 Å². The summed E-state index contributed by atoms with van der Waals surface area (Å²) in [5, 5.41) is 0. The molecule has 1 heterocycles. The molecule has 106 valence electrons. The number of benzene rings is 1. The Balaban J connectivity index is 2.17. The van der Waals surface area contributed by atoms with Crippen LogP contribution in [0.2, 0.25) is 0 Å². The molecule has 0 aliphatic heterocycles. The van der Waals surface area contributed by atoms with Crippen molar-refractivity contribution >= 4 is 0 Å². The maximum atomic E-state index is 5.74. The predicted octanol–water partition coefficient (Wildman–Crippen LogP) is 2.55. The van der Waals surface area contributed by atoms with Crippen LogP contribution in [0.1, 0.15) is 23.5 Å². The highest BCUT2D eigenvalue weighted by atomic mass is 16.7. The van der Waals surface area contributed by atoms with Crippen molar-refractivity contribution in [2.75, 3.05) is 20.4 Å². The van der Waals surface area contributed by atoms with E-state index >= 15 is 0 Å². The van der Waals surface area contributed by atoms with Crippen molar-refractivity contribution in [1.29, 1.82) is 0 Å². The second kappa shape index (κ2) is 7.62. The third-order valence-electron chi connectivity index (χ3n) is 3.17. The van der Waals surface area contributed by atoms with Gasteiger partial charge in [-0.05, 0) is 42.3 Å². The Morgan fingerprint density at radius 3 is 2.55 bits per heavy atom. The van der Waals surface area contributed by atoms with Gasteiger partial charge in [0.1, 0.15) is 5.75 Å². The maximum absolute atomic E-state index is 5.74. The first kappa shape index (κ1) is 14.5. The molecule has 0 radical (unpaired) electrons. The lowest BCUT2D eigenvalue weighted by molar-refractivity contribution is 0.0511. The van der Waals surface area contributed by atoms with Gasteiger partial charge >= 0.3 is 0 Å². The highest BCUT2D eigenvalue weighted by Crippen LogP contribution is 2.28. The summed E-state index contributed by atoms with van der Waals surface area (Å²) in [6, 6.07) is 12.1. The van der Waals surface area contributed by atoms with Crippen LogP contribution >= 0.6 is 0 Å². The molecule has 2 N–H and O–H groups in total. The molecule has 0 bridgehead atoms. The second-order valence-electron chi connectivity index (χ2n) is 4.54. The summed E-state index contributed by atoms with van der Waals surface area (Å²) in [6.45, 7) is 0.898. The molecule has 1 atom stereocenters. The highest BCUT2D eigenvalue weighted by Gasteiger charge is 2.13. The molecule has 1 aromatic carbocycles. The molecule has 1 aromatic heterocycles. The van der Waals surface area contributed by atoms with E-state index < -0.39 is 0 Å². The Kier molecular flexibility index (Phi) is 5.53. The van der Waals surface area contributed by atoms with Gasteiger partial charge in [-0.2, -0.15) is 0 Å². The first-order valence-electron chi connectivity index (χ1n) is 6.67. The summed E-state index contributed by atoms with van der Waals surface area (Å²) < 4.78 is 10.3. The van der Waals surface area contributed by atoms with Gasteiger partial charge in [-0.25, -0.2) is 0 Å². The van der Waals surface area contributed by atoms with Crippen LogP contribution in [0.15, 0.2) is 48.8 Å². The minimum Gasteiger partial charge on any atom is -0.468 e. The molecule has 4 nitrogen and oxygen atoms in total. The van der Waals surface area contributed by atoms with Gasteiger partial charge in [0.2, 0.25) is 0 Å². The third-order valence-corrected chi connectivity index (χ3v) is 3.17. The Morgan fingerprint density at radius 1 is 1.15 bits per heavy atom. The van der Waals surface area contributed by atoms with E-state index in [2.05, 4.69) is 23.2 Å². The summed E-state index contributed by atoms with van der Waals surface area (Å²) in [7, 11) is 1.61. The maximum Gasteiger partial charge on any atom is 0.188 e. The molecule has 0 fully saturated rings. The van der Waals surface area contributed by atoms with E-state index in [-0.39, 0.29) is 12.7 Å². The number of methoxy groups -OCH3 is 1. The van der Waals surface area contributed by atoms with Crippen molar-refractivity contribution in [3.63, 3.8) is 0 Å². The first-order chi connectivity index (χ1) is 9.85. The number of aromatic nitrogens is 1. The molecule has 0 aliphatic rings. The summed E-state index contributed by atoms with van der Waals surface area (Å²) >= 11 is 0. The fourth-order valence-corrected chi connectivity index (χ4v) is 2.20. The van der Waals surface area contributed by atoms with Gasteiger partial charge in [0.25, 0.3) is 0 Å². The van der Waals surface area contributed by atoms with Gasteiger partial charge in [-0.15, -0.1) is 0 Å². The van der Waals surface area contributed by atoms with Crippen molar-refractivity contribution in [3.8, 4) is 5.75 Å². The zero-order valence-corrected chi connectivity index (χ0v) is 11.7. The first-order valence-corrected chi connectivity index (χ1v) is 6.67. The van der Waals surface area contributed by atoms with Crippen LogP contribution in [0.4, 0.5) is 0 Å². The lowest BCUT2D eigenvalue weighted by Crippen LogP contribution is -2.09. The monoisotopic (exact) mass is 272 g/mol.